The van der Waals surface area contributed by atoms with Gasteiger partial charge < -0.3 is 19.7 Å². The zero-order valence-electron chi connectivity index (χ0n) is 17.9. The predicted molar refractivity (Wildman–Crippen MR) is 105 cm³/mol. The Kier molecular flexibility index (Phi) is 5.84. The van der Waals surface area contributed by atoms with E-state index in [0.717, 1.165) is 5.69 Å². The Bertz CT molecular complexity index is 774. The second-order valence-corrected chi connectivity index (χ2v) is 9.56. The highest BCUT2D eigenvalue weighted by molar-refractivity contribution is 5.68. The van der Waals surface area contributed by atoms with Crippen molar-refractivity contribution in [1.29, 1.82) is 0 Å². The van der Waals surface area contributed by atoms with E-state index in [0.29, 0.717) is 38.9 Å². The Labute approximate surface area is 179 Å². The van der Waals surface area contributed by atoms with E-state index >= 15 is 0 Å². The first kappa shape index (κ1) is 22.2. The van der Waals surface area contributed by atoms with Crippen LogP contribution in [0.3, 0.4) is 0 Å². The lowest BCUT2D eigenvalue weighted by atomic mass is 9.89. The van der Waals surface area contributed by atoms with Crippen LogP contribution in [0.5, 0.6) is 0 Å². The number of anilines is 1. The minimum atomic E-state index is -4.60. The van der Waals surface area contributed by atoms with Crippen molar-refractivity contribution in [1.82, 2.24) is 15.1 Å². The molecule has 11 heteroatoms. The second-order valence-electron chi connectivity index (χ2n) is 9.56. The van der Waals surface area contributed by atoms with Crippen molar-refractivity contribution in [3.8, 4) is 0 Å². The molecule has 174 valence electrons. The molecule has 2 bridgehead atoms. The topological polar surface area (TPSA) is 77.9 Å². The van der Waals surface area contributed by atoms with Gasteiger partial charge in [-0.2, -0.15) is 5.10 Å². The van der Waals surface area contributed by atoms with Crippen LogP contribution in [0.15, 0.2) is 12.4 Å². The summed E-state index contributed by atoms with van der Waals surface area (Å²) in [5.41, 5.74) is 0.374. The minimum absolute atomic E-state index is 0.00745. The van der Waals surface area contributed by atoms with Gasteiger partial charge >= 0.3 is 12.5 Å². The lowest BCUT2D eigenvalue weighted by molar-refractivity contribution is -0.353. The van der Waals surface area contributed by atoms with Crippen LogP contribution in [0.1, 0.15) is 52.5 Å². The fraction of sp³-hybridized carbons (Fsp3) is 0.800. The largest absolute Gasteiger partial charge is 0.522 e. The molecule has 0 radical (unpaired) electrons. The fourth-order valence-corrected chi connectivity index (χ4v) is 4.63. The number of nitrogens with one attached hydrogen (secondary N) is 1. The monoisotopic (exact) mass is 446 g/mol. The van der Waals surface area contributed by atoms with Crippen molar-refractivity contribution in [3.05, 3.63) is 12.4 Å². The van der Waals surface area contributed by atoms with E-state index in [1.165, 1.54) is 0 Å². The first-order chi connectivity index (χ1) is 14.5. The molecule has 4 rings (SSSR count). The Morgan fingerprint density at radius 1 is 1.13 bits per heavy atom. The molecular weight excluding hydrogens is 417 g/mol. The lowest BCUT2D eigenvalue weighted by Crippen LogP contribution is -2.61. The van der Waals surface area contributed by atoms with Crippen molar-refractivity contribution < 1.29 is 32.2 Å². The Morgan fingerprint density at radius 3 is 2.35 bits per heavy atom. The van der Waals surface area contributed by atoms with Crippen molar-refractivity contribution in [2.24, 2.45) is 0 Å². The molecule has 3 fully saturated rings. The number of halogens is 3. The number of fused-ring (bicyclic) bond motifs is 2. The summed E-state index contributed by atoms with van der Waals surface area (Å²) < 4.78 is 53.9. The first-order valence-corrected chi connectivity index (χ1v) is 10.6. The number of hydrogen-bond acceptors (Lipinski definition) is 6. The number of amides is 1. The average Bonchev–Trinajstić information content (AvgIpc) is 3.03. The highest BCUT2D eigenvalue weighted by Crippen LogP contribution is 2.39. The SMILES string of the molecule is CC(C)(C)OC(=O)NC1C[C@H]2COC[C@@H](C1)N2c1cnn(C2CC(OC(F)(F)F)C2)c1. The number of alkyl halides is 3. The number of hydrogen-bond donors (Lipinski definition) is 1. The summed E-state index contributed by atoms with van der Waals surface area (Å²) in [4.78, 5) is 14.4. The zero-order valence-corrected chi connectivity index (χ0v) is 17.9. The van der Waals surface area contributed by atoms with Crippen LogP contribution in [0.2, 0.25) is 0 Å². The summed E-state index contributed by atoms with van der Waals surface area (Å²) in [7, 11) is 0. The van der Waals surface area contributed by atoms with Crippen molar-refractivity contribution in [3.63, 3.8) is 0 Å². The molecule has 1 aromatic heterocycles. The highest BCUT2D eigenvalue weighted by Gasteiger charge is 2.43. The van der Waals surface area contributed by atoms with E-state index in [2.05, 4.69) is 20.1 Å². The molecule has 1 saturated carbocycles. The van der Waals surface area contributed by atoms with E-state index in [9.17, 15) is 18.0 Å². The number of rotatable bonds is 4. The van der Waals surface area contributed by atoms with Crippen molar-refractivity contribution in [2.45, 2.75) is 88.7 Å². The van der Waals surface area contributed by atoms with Gasteiger partial charge in [-0.05, 0) is 46.5 Å². The summed E-state index contributed by atoms with van der Waals surface area (Å²) >= 11 is 0. The Morgan fingerprint density at radius 2 is 1.77 bits per heavy atom. The number of nitrogens with zero attached hydrogens (tertiary/aromatic N) is 3. The number of carbonyl (C=O) groups excluding carboxylic acids is 1. The van der Waals surface area contributed by atoms with Crippen LogP contribution in [0.4, 0.5) is 23.7 Å². The van der Waals surface area contributed by atoms with Gasteiger partial charge in [0, 0.05) is 12.2 Å². The molecule has 1 N–H and O–H groups in total. The molecule has 3 aliphatic rings. The molecule has 1 amide bonds. The lowest BCUT2D eigenvalue weighted by Gasteiger charge is -2.49. The standard InChI is InChI=1S/C20H29F3N4O4/c1-19(2,3)31-18(28)25-12-4-14-10-29-11-15(5-12)27(14)16-8-24-26(9-16)13-6-17(7-13)30-20(21,22)23/h8-9,12-15,17H,4-7,10-11H2,1-3H3,(H,25,28)/t12?,13?,14-,15+,17?. The maximum Gasteiger partial charge on any atom is 0.522 e. The normalized spacial score (nSPS) is 31.2. The summed E-state index contributed by atoms with van der Waals surface area (Å²) in [6.07, 6.45) is -0.167. The van der Waals surface area contributed by atoms with Crippen LogP contribution in [-0.2, 0) is 14.2 Å². The van der Waals surface area contributed by atoms with Crippen molar-refractivity contribution >= 4 is 11.8 Å². The summed E-state index contributed by atoms with van der Waals surface area (Å²) in [6, 6.07) is 0.0519. The number of morpholine rings is 1. The van der Waals surface area contributed by atoms with Crippen LogP contribution in [-0.4, -0.2) is 65.3 Å². The average molecular weight is 446 g/mol. The third-order valence-electron chi connectivity index (χ3n) is 5.87. The number of alkyl carbamates (subject to hydrolysis) is 1. The quantitative estimate of drug-likeness (QED) is 0.764. The number of aromatic nitrogens is 2. The van der Waals surface area contributed by atoms with Gasteiger partial charge in [0.1, 0.15) is 5.60 Å². The summed E-state index contributed by atoms with van der Waals surface area (Å²) in [5.74, 6) is 0. The van der Waals surface area contributed by atoms with Gasteiger partial charge in [-0.3, -0.25) is 9.42 Å². The van der Waals surface area contributed by atoms with Crippen molar-refractivity contribution in [2.75, 3.05) is 18.1 Å². The molecule has 2 aliphatic heterocycles. The zero-order chi connectivity index (χ0) is 22.4. The molecule has 1 aliphatic carbocycles. The molecule has 3 atom stereocenters. The van der Waals surface area contributed by atoms with E-state index in [-0.39, 0.29) is 24.2 Å². The maximum absolute atomic E-state index is 12.3. The van der Waals surface area contributed by atoms with Gasteiger partial charge in [-0.25, -0.2) is 4.79 Å². The predicted octanol–water partition coefficient (Wildman–Crippen LogP) is 3.38. The second kappa shape index (κ2) is 8.16. The summed E-state index contributed by atoms with van der Waals surface area (Å²) in [6.45, 7) is 6.57. The first-order valence-electron chi connectivity index (χ1n) is 10.6. The number of piperidine rings is 1. The molecule has 1 unspecified atom stereocenters. The third-order valence-corrected chi connectivity index (χ3v) is 5.87. The van der Waals surface area contributed by atoms with Gasteiger partial charge in [0.2, 0.25) is 0 Å². The maximum atomic E-state index is 12.3. The number of carbonyl (C=O) groups is 1. The van der Waals surface area contributed by atoms with Gasteiger partial charge in [0.15, 0.2) is 0 Å². The van der Waals surface area contributed by atoms with Gasteiger partial charge in [0.25, 0.3) is 0 Å². The molecular formula is C20H29F3N4O4. The van der Waals surface area contributed by atoms with E-state index in [4.69, 9.17) is 9.47 Å². The molecule has 1 aromatic rings. The van der Waals surface area contributed by atoms with Gasteiger partial charge in [0.05, 0.1) is 49.3 Å². The molecule has 31 heavy (non-hydrogen) atoms. The molecule has 3 heterocycles. The fourth-order valence-electron chi connectivity index (χ4n) is 4.63. The van der Waals surface area contributed by atoms with Crippen LogP contribution >= 0.6 is 0 Å². The molecule has 0 aromatic carbocycles. The van der Waals surface area contributed by atoms with E-state index in [1.54, 1.807) is 10.9 Å². The Balaban J connectivity index is 1.35. The Hall–Kier alpha value is -2.01. The molecule has 8 nitrogen and oxygen atoms in total. The molecule has 0 spiro atoms. The smallest absolute Gasteiger partial charge is 0.444 e. The van der Waals surface area contributed by atoms with Crippen LogP contribution in [0.25, 0.3) is 0 Å². The van der Waals surface area contributed by atoms with E-state index in [1.807, 2.05) is 27.0 Å². The molecule has 2 saturated heterocycles. The van der Waals surface area contributed by atoms with E-state index < -0.39 is 24.2 Å². The van der Waals surface area contributed by atoms with Gasteiger partial charge in [-0.1, -0.05) is 0 Å². The van der Waals surface area contributed by atoms with Gasteiger partial charge in [-0.15, -0.1) is 13.2 Å². The minimum Gasteiger partial charge on any atom is -0.444 e. The summed E-state index contributed by atoms with van der Waals surface area (Å²) in [5, 5.41) is 7.36. The van der Waals surface area contributed by atoms with Crippen LogP contribution < -0.4 is 10.2 Å². The third kappa shape index (κ3) is 5.43. The number of ether oxygens (including phenoxy) is 3. The van der Waals surface area contributed by atoms with Crippen LogP contribution in [0, 0.1) is 0 Å². The highest BCUT2D eigenvalue weighted by atomic mass is 19.4.